The molecule has 0 unspecified atom stereocenters. The minimum atomic E-state index is -0.712. The summed E-state index contributed by atoms with van der Waals surface area (Å²) in [5, 5.41) is 10.8. The number of quaternary nitrogens is 1. The number of Topliss-reactive ketones (excluding diaryl/α,β-unsaturated/α-hetero) is 1. The van der Waals surface area contributed by atoms with Crippen molar-refractivity contribution in [1.82, 2.24) is 4.90 Å². The van der Waals surface area contributed by atoms with E-state index in [1.165, 1.54) is 9.80 Å². The van der Waals surface area contributed by atoms with Crippen LogP contribution in [0.25, 0.3) is 5.76 Å². The first-order valence-electron chi connectivity index (χ1n) is 9.09. The average Bonchev–Trinajstić information content (AvgIpc) is 3.18. The highest BCUT2D eigenvalue weighted by Gasteiger charge is 2.47. The molecule has 6 nitrogen and oxygen atoms in total. The standard InChI is InChI=1S/C21H24N2O4/c1-14-10-11-16(27-14)18-17(19(24)15-8-5-4-6-9-15)20(25)21(26)23(18)13-7-12-22(2)3/h4-6,8-11,18,24H,7,12-13H2,1-3H3/p+1/t18-/m0/s1. The summed E-state index contributed by atoms with van der Waals surface area (Å²) >= 11 is 0. The lowest BCUT2D eigenvalue weighted by atomic mass is 9.99. The van der Waals surface area contributed by atoms with Gasteiger partial charge in [0, 0.05) is 18.5 Å². The van der Waals surface area contributed by atoms with Crippen molar-refractivity contribution < 1.29 is 24.0 Å². The number of amides is 1. The summed E-state index contributed by atoms with van der Waals surface area (Å²) in [7, 11) is 4.08. The van der Waals surface area contributed by atoms with Crippen LogP contribution in [0, 0.1) is 6.92 Å². The van der Waals surface area contributed by atoms with Crippen LogP contribution in [0.3, 0.4) is 0 Å². The van der Waals surface area contributed by atoms with Gasteiger partial charge in [-0.05, 0) is 19.1 Å². The molecule has 1 fully saturated rings. The first-order valence-corrected chi connectivity index (χ1v) is 9.09. The normalized spacial score (nSPS) is 19.3. The number of hydrogen-bond acceptors (Lipinski definition) is 4. The molecule has 3 rings (SSSR count). The number of furan rings is 1. The van der Waals surface area contributed by atoms with E-state index in [-0.39, 0.29) is 11.3 Å². The zero-order valence-electron chi connectivity index (χ0n) is 15.9. The van der Waals surface area contributed by atoms with E-state index in [2.05, 4.69) is 0 Å². The Morgan fingerprint density at radius 3 is 2.44 bits per heavy atom. The second-order valence-electron chi connectivity index (χ2n) is 7.12. The Morgan fingerprint density at radius 2 is 1.85 bits per heavy atom. The van der Waals surface area contributed by atoms with Gasteiger partial charge in [0.25, 0.3) is 11.7 Å². The maximum atomic E-state index is 12.8. The lowest BCUT2D eigenvalue weighted by Crippen LogP contribution is -3.05. The Morgan fingerprint density at radius 1 is 1.15 bits per heavy atom. The van der Waals surface area contributed by atoms with Crippen molar-refractivity contribution in [2.75, 3.05) is 27.2 Å². The molecule has 1 aromatic carbocycles. The summed E-state index contributed by atoms with van der Waals surface area (Å²) < 4.78 is 5.74. The monoisotopic (exact) mass is 369 g/mol. The van der Waals surface area contributed by atoms with E-state index in [1.54, 1.807) is 36.4 Å². The summed E-state index contributed by atoms with van der Waals surface area (Å²) in [5.74, 6) is -0.268. The predicted octanol–water partition coefficient (Wildman–Crippen LogP) is 1.54. The third-order valence-corrected chi connectivity index (χ3v) is 4.69. The maximum Gasteiger partial charge on any atom is 0.295 e. The lowest BCUT2D eigenvalue weighted by molar-refractivity contribution is -0.858. The lowest BCUT2D eigenvalue weighted by Gasteiger charge is -2.23. The van der Waals surface area contributed by atoms with Crippen LogP contribution in [0.5, 0.6) is 0 Å². The van der Waals surface area contributed by atoms with Gasteiger partial charge in [-0.15, -0.1) is 0 Å². The molecule has 1 amide bonds. The van der Waals surface area contributed by atoms with Crippen molar-refractivity contribution >= 4 is 17.4 Å². The fourth-order valence-electron chi connectivity index (χ4n) is 3.36. The van der Waals surface area contributed by atoms with E-state index in [9.17, 15) is 14.7 Å². The smallest absolute Gasteiger partial charge is 0.295 e. The highest BCUT2D eigenvalue weighted by Crippen LogP contribution is 2.39. The van der Waals surface area contributed by atoms with Crippen molar-refractivity contribution in [3.63, 3.8) is 0 Å². The second kappa shape index (κ2) is 7.80. The van der Waals surface area contributed by atoms with Crippen molar-refractivity contribution in [2.24, 2.45) is 0 Å². The van der Waals surface area contributed by atoms with E-state index in [4.69, 9.17) is 4.42 Å². The molecule has 2 N–H and O–H groups in total. The van der Waals surface area contributed by atoms with Crippen molar-refractivity contribution in [3.8, 4) is 0 Å². The molecule has 0 aliphatic carbocycles. The fourth-order valence-corrected chi connectivity index (χ4v) is 3.36. The summed E-state index contributed by atoms with van der Waals surface area (Å²) in [4.78, 5) is 28.2. The molecule has 0 spiro atoms. The van der Waals surface area contributed by atoms with Crippen LogP contribution in [-0.2, 0) is 9.59 Å². The first kappa shape index (κ1) is 18.9. The number of carbonyl (C=O) groups excluding carboxylic acids is 2. The largest absolute Gasteiger partial charge is 0.507 e. The van der Waals surface area contributed by atoms with Crippen LogP contribution in [0.4, 0.5) is 0 Å². The van der Waals surface area contributed by atoms with Crippen LogP contribution in [-0.4, -0.2) is 48.9 Å². The molecule has 0 radical (unpaired) electrons. The molecular weight excluding hydrogens is 344 g/mol. The number of aliphatic hydroxyl groups excluding tert-OH is 1. The number of likely N-dealkylation sites (tertiary alicyclic amines) is 1. The Kier molecular flexibility index (Phi) is 5.46. The Labute approximate surface area is 158 Å². The highest BCUT2D eigenvalue weighted by molar-refractivity contribution is 6.46. The fraction of sp³-hybridized carbons (Fsp3) is 0.333. The maximum absolute atomic E-state index is 12.8. The van der Waals surface area contributed by atoms with Gasteiger partial charge < -0.3 is 19.3 Å². The summed E-state index contributed by atoms with van der Waals surface area (Å²) in [5.41, 5.74) is 0.583. The first-order chi connectivity index (χ1) is 12.9. The minimum absolute atomic E-state index is 0.0813. The zero-order valence-corrected chi connectivity index (χ0v) is 15.9. The van der Waals surface area contributed by atoms with Gasteiger partial charge in [0.1, 0.15) is 23.3 Å². The Hall–Kier alpha value is -2.86. The van der Waals surface area contributed by atoms with Gasteiger partial charge in [0.15, 0.2) is 0 Å². The van der Waals surface area contributed by atoms with Crippen LogP contribution < -0.4 is 4.90 Å². The molecule has 1 aliphatic heterocycles. The van der Waals surface area contributed by atoms with Crippen molar-refractivity contribution in [1.29, 1.82) is 0 Å². The van der Waals surface area contributed by atoms with Gasteiger partial charge in [-0.2, -0.15) is 0 Å². The van der Waals surface area contributed by atoms with Gasteiger partial charge in [-0.1, -0.05) is 30.3 Å². The van der Waals surface area contributed by atoms with Gasteiger partial charge in [0.2, 0.25) is 0 Å². The van der Waals surface area contributed by atoms with E-state index in [0.29, 0.717) is 23.6 Å². The van der Waals surface area contributed by atoms with Crippen molar-refractivity contribution in [3.05, 3.63) is 65.1 Å². The number of nitrogens with zero attached hydrogens (tertiary/aromatic N) is 1. The summed E-state index contributed by atoms with van der Waals surface area (Å²) in [6.07, 6.45) is 0.747. The number of aryl methyl sites for hydroxylation is 1. The van der Waals surface area contributed by atoms with Crippen LogP contribution in [0.1, 0.15) is 29.5 Å². The van der Waals surface area contributed by atoms with E-state index >= 15 is 0 Å². The summed E-state index contributed by atoms with van der Waals surface area (Å²) in [6.45, 7) is 3.10. The van der Waals surface area contributed by atoms with E-state index in [1.807, 2.05) is 27.1 Å². The van der Waals surface area contributed by atoms with Gasteiger partial charge >= 0.3 is 0 Å². The molecule has 2 heterocycles. The molecule has 0 saturated carbocycles. The number of ketones is 1. The molecule has 142 valence electrons. The number of benzene rings is 1. The van der Waals surface area contributed by atoms with Gasteiger partial charge in [-0.25, -0.2) is 0 Å². The molecule has 1 aromatic heterocycles. The highest BCUT2D eigenvalue weighted by atomic mass is 16.3. The minimum Gasteiger partial charge on any atom is -0.507 e. The molecule has 0 bridgehead atoms. The van der Waals surface area contributed by atoms with Crippen LogP contribution in [0.2, 0.25) is 0 Å². The molecule has 1 aliphatic rings. The molecule has 1 atom stereocenters. The predicted molar refractivity (Wildman–Crippen MR) is 101 cm³/mol. The third-order valence-electron chi connectivity index (χ3n) is 4.69. The molecule has 6 heteroatoms. The SMILES string of the molecule is Cc1ccc([C@H]2C(=C(O)c3ccccc3)C(=O)C(=O)N2CCC[NH+](C)C)o1. The zero-order chi connectivity index (χ0) is 19.6. The Balaban J connectivity index is 2.05. The number of rotatable bonds is 6. The number of hydrogen-bond donors (Lipinski definition) is 2. The van der Waals surface area contributed by atoms with E-state index in [0.717, 1.165) is 13.0 Å². The van der Waals surface area contributed by atoms with Crippen molar-refractivity contribution in [2.45, 2.75) is 19.4 Å². The van der Waals surface area contributed by atoms with Crippen LogP contribution in [0.15, 0.2) is 52.5 Å². The third kappa shape index (κ3) is 3.80. The van der Waals surface area contributed by atoms with Gasteiger partial charge in [0.05, 0.1) is 26.2 Å². The molecule has 2 aromatic rings. The number of aliphatic hydroxyl groups is 1. The second-order valence-corrected chi connectivity index (χ2v) is 7.12. The number of carbonyl (C=O) groups is 2. The quantitative estimate of drug-likeness (QED) is 0.460. The van der Waals surface area contributed by atoms with Gasteiger partial charge in [-0.3, -0.25) is 9.59 Å². The van der Waals surface area contributed by atoms with Crippen LogP contribution >= 0.6 is 0 Å². The number of nitrogens with one attached hydrogen (secondary N) is 1. The summed E-state index contributed by atoms with van der Waals surface area (Å²) in [6, 6.07) is 11.6. The molecule has 1 saturated heterocycles. The Bertz CT molecular complexity index is 867. The average molecular weight is 369 g/mol. The topological polar surface area (TPSA) is 75.2 Å². The van der Waals surface area contributed by atoms with E-state index < -0.39 is 17.7 Å². The molecular formula is C21H25N2O4+. The molecule has 27 heavy (non-hydrogen) atoms.